The quantitative estimate of drug-likeness (QED) is 0.762. The molecule has 1 aliphatic rings. The third-order valence-corrected chi connectivity index (χ3v) is 4.69. The molecule has 94 valence electrons. The van der Waals surface area contributed by atoms with Crippen LogP contribution in [0.3, 0.4) is 0 Å². The van der Waals surface area contributed by atoms with E-state index in [0.717, 1.165) is 25.7 Å². The highest BCUT2D eigenvalue weighted by atomic mass is 32.1. The standard InChI is InChI=1S/C15H22OS/c16-15(11-10-14-9-6-12-17-14)13-7-4-2-1-3-5-8-13/h6,9,12-13H,1-5,7-8,10-11H2. The van der Waals surface area contributed by atoms with Crippen LogP contribution in [0, 0.1) is 5.92 Å². The lowest BCUT2D eigenvalue weighted by Gasteiger charge is -2.18. The van der Waals surface area contributed by atoms with Gasteiger partial charge in [0.05, 0.1) is 0 Å². The Kier molecular flexibility index (Phi) is 5.24. The fraction of sp³-hybridized carbons (Fsp3) is 0.667. The summed E-state index contributed by atoms with van der Waals surface area (Å²) in [5.41, 5.74) is 0. The lowest BCUT2D eigenvalue weighted by atomic mass is 9.86. The average Bonchev–Trinajstić information content (AvgIpc) is 2.78. The molecule has 0 aliphatic heterocycles. The van der Waals surface area contributed by atoms with Gasteiger partial charge in [0, 0.05) is 17.2 Å². The number of carbonyl (C=O) groups is 1. The van der Waals surface area contributed by atoms with Crippen LogP contribution in [0.15, 0.2) is 17.5 Å². The second-order valence-electron chi connectivity index (χ2n) is 5.09. The summed E-state index contributed by atoms with van der Waals surface area (Å²) in [6.45, 7) is 0. The zero-order valence-corrected chi connectivity index (χ0v) is 11.3. The van der Waals surface area contributed by atoms with Crippen molar-refractivity contribution in [2.45, 2.75) is 57.8 Å². The van der Waals surface area contributed by atoms with Crippen molar-refractivity contribution in [3.8, 4) is 0 Å². The van der Waals surface area contributed by atoms with Gasteiger partial charge in [0.2, 0.25) is 0 Å². The Bertz CT molecular complexity index is 321. The summed E-state index contributed by atoms with van der Waals surface area (Å²) in [6.07, 6.45) is 10.5. The predicted octanol–water partition coefficient (Wildman–Crippen LogP) is 4.61. The lowest BCUT2D eigenvalue weighted by Crippen LogP contribution is -2.16. The van der Waals surface area contributed by atoms with Crippen LogP contribution in [0.2, 0.25) is 0 Å². The van der Waals surface area contributed by atoms with Crippen molar-refractivity contribution in [3.63, 3.8) is 0 Å². The molecule has 0 radical (unpaired) electrons. The van der Waals surface area contributed by atoms with Crippen LogP contribution >= 0.6 is 11.3 Å². The van der Waals surface area contributed by atoms with Gasteiger partial charge in [0.25, 0.3) is 0 Å². The minimum atomic E-state index is 0.371. The van der Waals surface area contributed by atoms with Crippen LogP contribution in [0.25, 0.3) is 0 Å². The molecule has 2 heteroatoms. The van der Waals surface area contributed by atoms with Gasteiger partial charge in [-0.25, -0.2) is 0 Å². The maximum Gasteiger partial charge on any atom is 0.136 e. The van der Waals surface area contributed by atoms with Gasteiger partial charge in [-0.2, -0.15) is 0 Å². The fourth-order valence-corrected chi connectivity index (χ4v) is 3.39. The largest absolute Gasteiger partial charge is 0.299 e. The summed E-state index contributed by atoms with van der Waals surface area (Å²) >= 11 is 1.77. The van der Waals surface area contributed by atoms with E-state index in [-0.39, 0.29) is 0 Å². The SMILES string of the molecule is O=C(CCc1cccs1)C1CCCCCCC1. The third kappa shape index (κ3) is 4.27. The van der Waals surface area contributed by atoms with Crippen LogP contribution in [0.4, 0.5) is 0 Å². The summed E-state index contributed by atoms with van der Waals surface area (Å²) in [6, 6.07) is 4.20. The Hall–Kier alpha value is -0.630. The summed E-state index contributed by atoms with van der Waals surface area (Å²) in [4.78, 5) is 13.5. The number of thiophene rings is 1. The maximum atomic E-state index is 12.2. The first-order valence-electron chi connectivity index (χ1n) is 6.91. The zero-order chi connectivity index (χ0) is 11.9. The van der Waals surface area contributed by atoms with Crippen LogP contribution in [0.5, 0.6) is 0 Å². The molecule has 0 aromatic carbocycles. The van der Waals surface area contributed by atoms with Crippen LogP contribution < -0.4 is 0 Å². The van der Waals surface area contributed by atoms with E-state index in [4.69, 9.17) is 0 Å². The second kappa shape index (κ2) is 6.95. The minimum absolute atomic E-state index is 0.371. The van der Waals surface area contributed by atoms with Gasteiger partial charge >= 0.3 is 0 Å². The molecule has 0 atom stereocenters. The summed E-state index contributed by atoms with van der Waals surface area (Å²) in [7, 11) is 0. The number of hydrogen-bond donors (Lipinski definition) is 0. The van der Waals surface area contributed by atoms with Crippen molar-refractivity contribution in [1.29, 1.82) is 0 Å². The molecule has 0 N–H and O–H groups in total. The van der Waals surface area contributed by atoms with Crippen LogP contribution in [-0.2, 0) is 11.2 Å². The predicted molar refractivity (Wildman–Crippen MR) is 73.5 cm³/mol. The first-order chi connectivity index (χ1) is 8.36. The fourth-order valence-electron chi connectivity index (χ4n) is 2.68. The smallest absolute Gasteiger partial charge is 0.136 e. The number of ketones is 1. The Morgan fingerprint density at radius 1 is 1.18 bits per heavy atom. The first-order valence-corrected chi connectivity index (χ1v) is 7.79. The molecule has 2 rings (SSSR count). The van der Waals surface area contributed by atoms with E-state index in [2.05, 4.69) is 17.5 Å². The van der Waals surface area contributed by atoms with E-state index in [1.165, 1.54) is 37.0 Å². The summed E-state index contributed by atoms with van der Waals surface area (Å²) in [5.74, 6) is 0.885. The van der Waals surface area contributed by atoms with E-state index in [0.29, 0.717) is 11.7 Å². The second-order valence-corrected chi connectivity index (χ2v) is 6.12. The molecule has 1 aliphatic carbocycles. The summed E-state index contributed by atoms with van der Waals surface area (Å²) < 4.78 is 0. The number of carbonyl (C=O) groups excluding carboxylic acids is 1. The molecule has 1 fully saturated rings. The van der Waals surface area contributed by atoms with Crippen molar-refractivity contribution < 1.29 is 4.79 Å². The van der Waals surface area contributed by atoms with E-state index >= 15 is 0 Å². The Morgan fingerprint density at radius 3 is 2.53 bits per heavy atom. The van der Waals surface area contributed by atoms with Gasteiger partial charge in [-0.15, -0.1) is 11.3 Å². The molecule has 0 unspecified atom stereocenters. The summed E-state index contributed by atoms with van der Waals surface area (Å²) in [5, 5.41) is 2.09. The maximum absolute atomic E-state index is 12.2. The highest BCUT2D eigenvalue weighted by Crippen LogP contribution is 2.24. The molecule has 0 bridgehead atoms. The molecule has 1 aromatic heterocycles. The van der Waals surface area contributed by atoms with Gasteiger partial charge in [0.15, 0.2) is 0 Å². The average molecular weight is 250 g/mol. The minimum Gasteiger partial charge on any atom is -0.299 e. The Morgan fingerprint density at radius 2 is 1.88 bits per heavy atom. The number of aryl methyl sites for hydroxylation is 1. The van der Waals surface area contributed by atoms with Crippen LogP contribution in [-0.4, -0.2) is 5.78 Å². The molecule has 1 nitrogen and oxygen atoms in total. The van der Waals surface area contributed by atoms with E-state index in [9.17, 15) is 4.79 Å². The van der Waals surface area contributed by atoms with E-state index in [1.807, 2.05) is 0 Å². The molecule has 17 heavy (non-hydrogen) atoms. The molecule has 0 spiro atoms. The van der Waals surface area contributed by atoms with E-state index < -0.39 is 0 Å². The van der Waals surface area contributed by atoms with Gasteiger partial charge in [-0.1, -0.05) is 38.2 Å². The molecule has 0 amide bonds. The number of Topliss-reactive ketones (excluding diaryl/α,β-unsaturated/α-hetero) is 1. The van der Waals surface area contributed by atoms with Crippen molar-refractivity contribution in [3.05, 3.63) is 22.4 Å². The van der Waals surface area contributed by atoms with Crippen LogP contribution in [0.1, 0.15) is 56.2 Å². The van der Waals surface area contributed by atoms with Gasteiger partial charge in [-0.3, -0.25) is 4.79 Å². The Balaban J connectivity index is 1.77. The van der Waals surface area contributed by atoms with Crippen molar-refractivity contribution >= 4 is 17.1 Å². The number of rotatable bonds is 4. The van der Waals surface area contributed by atoms with Crippen molar-refractivity contribution in [2.75, 3.05) is 0 Å². The van der Waals surface area contributed by atoms with Crippen molar-refractivity contribution in [1.82, 2.24) is 0 Å². The first kappa shape index (κ1) is 12.8. The molecule has 0 saturated heterocycles. The molecular weight excluding hydrogens is 228 g/mol. The topological polar surface area (TPSA) is 17.1 Å². The van der Waals surface area contributed by atoms with Crippen molar-refractivity contribution in [2.24, 2.45) is 5.92 Å². The van der Waals surface area contributed by atoms with Gasteiger partial charge < -0.3 is 0 Å². The molecule has 1 aromatic rings. The third-order valence-electron chi connectivity index (χ3n) is 3.76. The molecular formula is C15H22OS. The number of hydrogen-bond acceptors (Lipinski definition) is 2. The van der Waals surface area contributed by atoms with E-state index in [1.54, 1.807) is 11.3 Å². The highest BCUT2D eigenvalue weighted by Gasteiger charge is 2.18. The van der Waals surface area contributed by atoms with Gasteiger partial charge in [0.1, 0.15) is 5.78 Å². The monoisotopic (exact) mass is 250 g/mol. The highest BCUT2D eigenvalue weighted by molar-refractivity contribution is 7.09. The zero-order valence-electron chi connectivity index (χ0n) is 10.5. The van der Waals surface area contributed by atoms with Gasteiger partial charge in [-0.05, 0) is 30.7 Å². The molecule has 1 heterocycles. The lowest BCUT2D eigenvalue weighted by molar-refractivity contribution is -0.123. The Labute approximate surface area is 108 Å². The normalized spacial score (nSPS) is 18.6. The molecule has 1 saturated carbocycles.